The summed E-state index contributed by atoms with van der Waals surface area (Å²) in [6.45, 7) is 2.01. The molecule has 72 valence electrons. The monoisotopic (exact) mass is 187 g/mol. The van der Waals surface area contributed by atoms with Gasteiger partial charge in [-0.15, -0.1) is 0 Å². The molecule has 1 aromatic carbocycles. The molecular weight excluding hydrogens is 174 g/mol. The number of allylic oxidation sites excluding steroid dienone is 2. The lowest BCUT2D eigenvalue weighted by Gasteiger charge is -2.01. The number of ether oxygens (including phenoxy) is 1. The highest BCUT2D eigenvalue weighted by Gasteiger charge is 1.99. The van der Waals surface area contributed by atoms with Crippen molar-refractivity contribution >= 4 is 5.57 Å². The quantitative estimate of drug-likeness (QED) is 0.681. The Morgan fingerprint density at radius 3 is 2.50 bits per heavy atom. The third-order valence-electron chi connectivity index (χ3n) is 1.93. The van der Waals surface area contributed by atoms with Gasteiger partial charge < -0.3 is 4.74 Å². The highest BCUT2D eigenvalue weighted by molar-refractivity contribution is 5.76. The fraction of sp³-hybridized carbons (Fsp3) is 0.250. The van der Waals surface area contributed by atoms with Crippen LogP contribution < -0.4 is 4.74 Å². The van der Waals surface area contributed by atoms with Crippen molar-refractivity contribution in [2.45, 2.75) is 13.3 Å². The van der Waals surface area contributed by atoms with E-state index < -0.39 is 0 Å². The molecule has 0 saturated heterocycles. The van der Waals surface area contributed by atoms with Crippen LogP contribution in [-0.2, 0) is 0 Å². The second-order valence-electron chi connectivity index (χ2n) is 2.87. The highest BCUT2D eigenvalue weighted by atomic mass is 16.5. The minimum atomic E-state index is 0.718. The SMILES string of the molecule is CC/C=C(\C#N)c1ccc(OC)cc1. The Bertz CT molecular complexity index is 357. The van der Waals surface area contributed by atoms with Gasteiger partial charge in [-0.25, -0.2) is 0 Å². The Balaban J connectivity index is 2.97. The summed E-state index contributed by atoms with van der Waals surface area (Å²) in [6.07, 6.45) is 2.79. The fourth-order valence-corrected chi connectivity index (χ4v) is 1.20. The Morgan fingerprint density at radius 2 is 2.07 bits per heavy atom. The molecule has 2 heteroatoms. The summed E-state index contributed by atoms with van der Waals surface area (Å²) >= 11 is 0. The van der Waals surface area contributed by atoms with Crippen molar-refractivity contribution in [3.63, 3.8) is 0 Å². The minimum Gasteiger partial charge on any atom is -0.497 e. The Labute approximate surface area is 84.4 Å². The average molecular weight is 187 g/mol. The number of rotatable bonds is 3. The first-order valence-electron chi connectivity index (χ1n) is 4.56. The van der Waals surface area contributed by atoms with Crippen molar-refractivity contribution in [1.82, 2.24) is 0 Å². The number of nitrogens with zero attached hydrogens (tertiary/aromatic N) is 1. The van der Waals surface area contributed by atoms with Crippen LogP contribution in [-0.4, -0.2) is 7.11 Å². The summed E-state index contributed by atoms with van der Waals surface area (Å²) in [5.41, 5.74) is 1.66. The van der Waals surface area contributed by atoms with Crippen molar-refractivity contribution in [2.24, 2.45) is 0 Å². The van der Waals surface area contributed by atoms with Crippen molar-refractivity contribution < 1.29 is 4.74 Å². The van der Waals surface area contributed by atoms with E-state index in [9.17, 15) is 0 Å². The zero-order chi connectivity index (χ0) is 10.4. The molecule has 0 heterocycles. The minimum absolute atomic E-state index is 0.718. The first-order valence-corrected chi connectivity index (χ1v) is 4.56. The second-order valence-corrected chi connectivity index (χ2v) is 2.87. The lowest BCUT2D eigenvalue weighted by molar-refractivity contribution is 0.415. The third-order valence-corrected chi connectivity index (χ3v) is 1.93. The van der Waals surface area contributed by atoms with Crippen molar-refractivity contribution in [1.29, 1.82) is 5.26 Å². The van der Waals surface area contributed by atoms with E-state index in [0.717, 1.165) is 23.3 Å². The van der Waals surface area contributed by atoms with Crippen LogP contribution in [0.4, 0.5) is 0 Å². The molecule has 0 fully saturated rings. The average Bonchev–Trinajstić information content (AvgIpc) is 2.26. The molecule has 0 N–H and O–H groups in total. The van der Waals surface area contributed by atoms with Crippen molar-refractivity contribution in [3.8, 4) is 11.8 Å². The first-order chi connectivity index (χ1) is 6.81. The molecule has 0 aliphatic rings. The van der Waals surface area contributed by atoms with Gasteiger partial charge in [0, 0.05) is 0 Å². The van der Waals surface area contributed by atoms with Crippen LogP contribution in [0.15, 0.2) is 30.3 Å². The molecule has 0 radical (unpaired) electrons. The maximum absolute atomic E-state index is 8.89. The van der Waals surface area contributed by atoms with Gasteiger partial charge in [-0.2, -0.15) is 5.26 Å². The molecular formula is C12H13NO. The normalized spacial score (nSPS) is 10.8. The Kier molecular flexibility index (Phi) is 3.75. The fourth-order valence-electron chi connectivity index (χ4n) is 1.20. The molecule has 0 aliphatic carbocycles. The second kappa shape index (κ2) is 5.08. The van der Waals surface area contributed by atoms with Crippen molar-refractivity contribution in [3.05, 3.63) is 35.9 Å². The summed E-state index contributed by atoms with van der Waals surface area (Å²) in [5, 5.41) is 8.89. The van der Waals surface area contributed by atoms with E-state index in [0.29, 0.717) is 0 Å². The standard InChI is InChI=1S/C12H13NO/c1-3-4-11(9-13)10-5-7-12(14-2)8-6-10/h4-8H,3H2,1-2H3/b11-4+. The molecule has 2 nitrogen and oxygen atoms in total. The van der Waals surface area contributed by atoms with Crippen LogP contribution in [0.3, 0.4) is 0 Å². The summed E-state index contributed by atoms with van der Waals surface area (Å²) in [4.78, 5) is 0. The van der Waals surface area contributed by atoms with Gasteiger partial charge in [0.15, 0.2) is 0 Å². The largest absolute Gasteiger partial charge is 0.497 e. The third kappa shape index (κ3) is 2.37. The molecule has 1 rings (SSSR count). The maximum Gasteiger partial charge on any atom is 0.118 e. The molecule has 0 saturated carbocycles. The van der Waals surface area contributed by atoms with E-state index in [1.807, 2.05) is 37.3 Å². The summed E-state index contributed by atoms with van der Waals surface area (Å²) in [7, 11) is 1.63. The van der Waals surface area contributed by atoms with Gasteiger partial charge in [0.2, 0.25) is 0 Å². The van der Waals surface area contributed by atoms with E-state index in [1.54, 1.807) is 7.11 Å². The molecule has 0 amide bonds. The van der Waals surface area contributed by atoms with Gasteiger partial charge >= 0.3 is 0 Å². The summed E-state index contributed by atoms with van der Waals surface area (Å²) in [6, 6.07) is 9.68. The molecule has 0 aliphatic heterocycles. The van der Waals surface area contributed by atoms with Crippen LogP contribution >= 0.6 is 0 Å². The number of benzene rings is 1. The zero-order valence-electron chi connectivity index (χ0n) is 8.45. The molecule has 14 heavy (non-hydrogen) atoms. The van der Waals surface area contributed by atoms with Gasteiger partial charge in [-0.3, -0.25) is 0 Å². The van der Waals surface area contributed by atoms with Gasteiger partial charge in [-0.1, -0.05) is 13.0 Å². The molecule has 0 atom stereocenters. The molecule has 0 aromatic heterocycles. The van der Waals surface area contributed by atoms with Gasteiger partial charge in [0.1, 0.15) is 5.75 Å². The Hall–Kier alpha value is -1.75. The number of hydrogen-bond acceptors (Lipinski definition) is 2. The highest BCUT2D eigenvalue weighted by Crippen LogP contribution is 2.18. The number of nitriles is 1. The first kappa shape index (κ1) is 10.3. The lowest BCUT2D eigenvalue weighted by atomic mass is 10.1. The number of methoxy groups -OCH3 is 1. The molecule has 0 spiro atoms. The predicted molar refractivity (Wildman–Crippen MR) is 56.9 cm³/mol. The van der Waals surface area contributed by atoms with Gasteiger partial charge in [0.25, 0.3) is 0 Å². The van der Waals surface area contributed by atoms with E-state index in [2.05, 4.69) is 6.07 Å². The van der Waals surface area contributed by atoms with Gasteiger partial charge in [-0.05, 0) is 36.2 Å². The summed E-state index contributed by atoms with van der Waals surface area (Å²) in [5.74, 6) is 0.808. The smallest absolute Gasteiger partial charge is 0.118 e. The lowest BCUT2D eigenvalue weighted by Crippen LogP contribution is -1.84. The number of hydrogen-bond donors (Lipinski definition) is 0. The van der Waals surface area contributed by atoms with E-state index in [1.165, 1.54) is 0 Å². The Morgan fingerprint density at radius 1 is 1.43 bits per heavy atom. The zero-order valence-corrected chi connectivity index (χ0v) is 8.45. The maximum atomic E-state index is 8.89. The van der Waals surface area contributed by atoms with E-state index in [4.69, 9.17) is 10.00 Å². The van der Waals surface area contributed by atoms with Gasteiger partial charge in [0.05, 0.1) is 18.8 Å². The van der Waals surface area contributed by atoms with Crippen LogP contribution in [0, 0.1) is 11.3 Å². The van der Waals surface area contributed by atoms with Crippen LogP contribution in [0.2, 0.25) is 0 Å². The molecule has 0 unspecified atom stereocenters. The van der Waals surface area contributed by atoms with E-state index in [-0.39, 0.29) is 0 Å². The van der Waals surface area contributed by atoms with Crippen LogP contribution in [0.25, 0.3) is 5.57 Å². The predicted octanol–water partition coefficient (Wildman–Crippen LogP) is 3.01. The molecule has 0 bridgehead atoms. The topological polar surface area (TPSA) is 33.0 Å². The molecule has 1 aromatic rings. The van der Waals surface area contributed by atoms with E-state index >= 15 is 0 Å². The van der Waals surface area contributed by atoms with Crippen LogP contribution in [0.1, 0.15) is 18.9 Å². The van der Waals surface area contributed by atoms with Crippen LogP contribution in [0.5, 0.6) is 5.75 Å². The van der Waals surface area contributed by atoms with Crippen molar-refractivity contribution in [2.75, 3.05) is 7.11 Å². The summed E-state index contributed by atoms with van der Waals surface area (Å²) < 4.78 is 5.04.